The van der Waals surface area contributed by atoms with Gasteiger partial charge in [-0.15, -0.1) is 0 Å². The minimum atomic E-state index is -1.26. The molecule has 0 saturated heterocycles. The Kier molecular flexibility index (Phi) is 3.02. The maximum Gasteiger partial charge on any atom is 0.336 e. The normalized spacial score (nSPS) is 10.4. The molecule has 0 aliphatic carbocycles. The van der Waals surface area contributed by atoms with Crippen molar-refractivity contribution in [3.63, 3.8) is 0 Å². The van der Waals surface area contributed by atoms with Gasteiger partial charge in [0.25, 0.3) is 0 Å². The zero-order chi connectivity index (χ0) is 11.4. The van der Waals surface area contributed by atoms with E-state index in [-0.39, 0.29) is 16.7 Å². The first-order chi connectivity index (χ1) is 7.06. The third kappa shape index (κ3) is 2.31. The Hall–Kier alpha value is -2.37. The van der Waals surface area contributed by atoms with Gasteiger partial charge in [0.1, 0.15) is 0 Å². The summed E-state index contributed by atoms with van der Waals surface area (Å²) < 4.78 is 0. The molecule has 0 spiro atoms. The Labute approximate surface area is 84.1 Å². The highest BCUT2D eigenvalue weighted by atomic mass is 16.4. The smallest absolute Gasteiger partial charge is 0.336 e. The summed E-state index contributed by atoms with van der Waals surface area (Å²) in [4.78, 5) is 21.3. The van der Waals surface area contributed by atoms with Gasteiger partial charge in [-0.05, 0) is 23.4 Å². The minimum Gasteiger partial charge on any atom is -0.478 e. The summed E-state index contributed by atoms with van der Waals surface area (Å²) in [5, 5.41) is 27.5. The summed E-state index contributed by atoms with van der Waals surface area (Å²) in [6.07, 6.45) is 1.05. The van der Waals surface area contributed by atoms with Crippen LogP contribution in [0.3, 0.4) is 0 Å². The molecule has 0 aliphatic heterocycles. The van der Waals surface area contributed by atoms with E-state index in [1.807, 2.05) is 0 Å². The highest BCUT2D eigenvalue weighted by Gasteiger charge is 2.14. The summed E-state index contributed by atoms with van der Waals surface area (Å²) in [7, 11) is 0. The summed E-state index contributed by atoms with van der Waals surface area (Å²) in [5.74, 6) is -2.47. The summed E-state index contributed by atoms with van der Waals surface area (Å²) in [6, 6.07) is 3.56. The van der Waals surface area contributed by atoms with E-state index in [9.17, 15) is 9.59 Å². The van der Waals surface area contributed by atoms with Gasteiger partial charge in [-0.1, -0.05) is 0 Å². The Balaban J connectivity index is 3.33. The monoisotopic (exact) mass is 210 g/mol. The first-order valence-electron chi connectivity index (χ1n) is 3.89. The van der Waals surface area contributed by atoms with E-state index in [4.69, 9.17) is 15.4 Å². The SMILES string of the molecule is O=C(O)c1ccc(C=[NH+]O)c(C(=O)O)c1. The van der Waals surface area contributed by atoms with Crippen LogP contribution in [-0.2, 0) is 0 Å². The average molecular weight is 210 g/mol. The Morgan fingerprint density at radius 1 is 1.20 bits per heavy atom. The third-order valence-corrected chi connectivity index (χ3v) is 1.75. The molecule has 0 radical (unpaired) electrons. The molecule has 0 bridgehead atoms. The molecule has 4 N–H and O–H groups in total. The van der Waals surface area contributed by atoms with Crippen LogP contribution >= 0.6 is 0 Å². The van der Waals surface area contributed by atoms with Crippen molar-refractivity contribution in [2.45, 2.75) is 0 Å². The third-order valence-electron chi connectivity index (χ3n) is 1.75. The molecule has 1 rings (SSSR count). The van der Waals surface area contributed by atoms with Gasteiger partial charge in [-0.25, -0.2) is 9.59 Å². The van der Waals surface area contributed by atoms with Crippen molar-refractivity contribution in [2.75, 3.05) is 0 Å². The molecule has 0 unspecified atom stereocenters. The van der Waals surface area contributed by atoms with Crippen LogP contribution in [0, 0.1) is 0 Å². The first kappa shape index (κ1) is 10.7. The number of nitrogens with one attached hydrogen (secondary N) is 1. The van der Waals surface area contributed by atoms with Crippen molar-refractivity contribution in [2.24, 2.45) is 0 Å². The van der Waals surface area contributed by atoms with Crippen molar-refractivity contribution < 1.29 is 30.2 Å². The zero-order valence-corrected chi connectivity index (χ0v) is 7.47. The summed E-state index contributed by atoms with van der Waals surface area (Å²) >= 11 is 0. The predicted molar refractivity (Wildman–Crippen MR) is 48.3 cm³/mol. The molecule has 78 valence electrons. The number of hydrogen-bond acceptors (Lipinski definition) is 3. The van der Waals surface area contributed by atoms with E-state index in [1.54, 1.807) is 5.16 Å². The molecule has 0 saturated carbocycles. The molecule has 6 heteroatoms. The maximum absolute atomic E-state index is 10.7. The summed E-state index contributed by atoms with van der Waals surface area (Å²) in [6.45, 7) is 0. The van der Waals surface area contributed by atoms with Crippen LogP contribution in [0.4, 0.5) is 0 Å². The number of carboxylic acid groups (broad SMARTS) is 2. The first-order valence-corrected chi connectivity index (χ1v) is 3.89. The summed E-state index contributed by atoms with van der Waals surface area (Å²) in [5.41, 5.74) is -0.131. The van der Waals surface area contributed by atoms with Crippen molar-refractivity contribution in [1.82, 2.24) is 0 Å². The molecule has 0 fully saturated rings. The second-order valence-corrected chi connectivity index (χ2v) is 2.69. The molecular weight excluding hydrogens is 202 g/mol. The van der Waals surface area contributed by atoms with Crippen LogP contribution in [0.5, 0.6) is 0 Å². The van der Waals surface area contributed by atoms with Gasteiger partial charge < -0.3 is 10.2 Å². The maximum atomic E-state index is 10.7. The highest BCUT2D eigenvalue weighted by Crippen LogP contribution is 2.10. The highest BCUT2D eigenvalue weighted by molar-refractivity contribution is 6.00. The van der Waals surface area contributed by atoms with Gasteiger partial charge in [0, 0.05) is 0 Å². The van der Waals surface area contributed by atoms with Crippen LogP contribution < -0.4 is 5.16 Å². The second-order valence-electron chi connectivity index (χ2n) is 2.69. The number of aromatic carboxylic acids is 2. The lowest BCUT2D eigenvalue weighted by Gasteiger charge is -1.99. The molecule has 0 aliphatic rings. The molecule has 15 heavy (non-hydrogen) atoms. The number of rotatable bonds is 3. The fourth-order valence-electron chi connectivity index (χ4n) is 1.07. The van der Waals surface area contributed by atoms with Crippen LogP contribution in [0.25, 0.3) is 0 Å². The van der Waals surface area contributed by atoms with Gasteiger partial charge in [0.2, 0.25) is 6.21 Å². The van der Waals surface area contributed by atoms with Gasteiger partial charge in [-0.3, -0.25) is 5.21 Å². The van der Waals surface area contributed by atoms with Gasteiger partial charge >= 0.3 is 11.9 Å². The molecule has 0 aromatic heterocycles. The molecule has 0 amide bonds. The van der Waals surface area contributed by atoms with E-state index in [0.717, 1.165) is 12.3 Å². The molecule has 0 heterocycles. The minimum absolute atomic E-state index is 0.123. The van der Waals surface area contributed by atoms with Crippen LogP contribution in [0.2, 0.25) is 0 Å². The van der Waals surface area contributed by atoms with Crippen molar-refractivity contribution in [3.8, 4) is 0 Å². The molecule has 0 atom stereocenters. The zero-order valence-electron chi connectivity index (χ0n) is 7.47. The Bertz CT molecular complexity index is 438. The fourth-order valence-corrected chi connectivity index (χ4v) is 1.07. The predicted octanol–water partition coefficient (Wildman–Crippen LogP) is -1.03. The number of hydrogen-bond donors (Lipinski definition) is 4. The number of carboxylic acids is 2. The van der Waals surface area contributed by atoms with Crippen molar-refractivity contribution >= 4 is 18.2 Å². The second kappa shape index (κ2) is 4.23. The van der Waals surface area contributed by atoms with Crippen LogP contribution in [0.1, 0.15) is 26.3 Å². The van der Waals surface area contributed by atoms with Crippen molar-refractivity contribution in [1.29, 1.82) is 0 Å². The largest absolute Gasteiger partial charge is 0.478 e. The van der Waals surface area contributed by atoms with E-state index in [0.29, 0.717) is 0 Å². The van der Waals surface area contributed by atoms with E-state index >= 15 is 0 Å². The standard InChI is InChI=1S/C9H7NO5/c11-8(12)5-1-2-6(4-10-15)7(3-5)9(13)14/h1-4,15H,(H,11,12)(H,13,14)/p+1. The van der Waals surface area contributed by atoms with Crippen LogP contribution in [0.15, 0.2) is 18.2 Å². The molecule has 1 aromatic rings. The lowest BCUT2D eigenvalue weighted by molar-refractivity contribution is -0.733. The Morgan fingerprint density at radius 2 is 1.87 bits per heavy atom. The van der Waals surface area contributed by atoms with Gasteiger partial charge in [0.05, 0.1) is 16.7 Å². The lowest BCUT2D eigenvalue weighted by Crippen LogP contribution is -2.64. The fraction of sp³-hybridized carbons (Fsp3) is 0. The van der Waals surface area contributed by atoms with E-state index < -0.39 is 11.9 Å². The number of benzene rings is 1. The lowest BCUT2D eigenvalue weighted by atomic mass is 10.0. The van der Waals surface area contributed by atoms with E-state index in [1.165, 1.54) is 12.1 Å². The van der Waals surface area contributed by atoms with Gasteiger partial charge in [0.15, 0.2) is 0 Å². The van der Waals surface area contributed by atoms with E-state index in [2.05, 4.69) is 0 Å². The quantitative estimate of drug-likeness (QED) is 0.290. The van der Waals surface area contributed by atoms with Crippen LogP contribution in [-0.4, -0.2) is 33.6 Å². The molecule has 6 nitrogen and oxygen atoms in total. The topological polar surface area (TPSA) is 109 Å². The molecule has 1 aromatic carbocycles. The van der Waals surface area contributed by atoms with Crippen molar-refractivity contribution in [3.05, 3.63) is 34.9 Å². The van der Waals surface area contributed by atoms with Gasteiger partial charge in [-0.2, -0.15) is 0 Å². The number of carbonyl (C=O) groups is 2. The average Bonchev–Trinajstić information content (AvgIpc) is 2.18. The molecular formula is C9H8NO5+. The Morgan fingerprint density at radius 3 is 2.33 bits per heavy atom.